The van der Waals surface area contributed by atoms with Crippen LogP contribution in [0, 0.1) is 26.7 Å². The van der Waals surface area contributed by atoms with Crippen molar-refractivity contribution in [2.24, 2.45) is 5.92 Å². The normalized spacial score (nSPS) is 17.1. The molecule has 3 aromatic rings. The quantitative estimate of drug-likeness (QED) is 0.694. The summed E-state index contributed by atoms with van der Waals surface area (Å²) in [7, 11) is 0. The molecule has 4 rings (SSSR count). The number of hydrogen-bond acceptors (Lipinski definition) is 5. The van der Waals surface area contributed by atoms with Crippen LogP contribution in [0.25, 0.3) is 11.4 Å². The lowest BCUT2D eigenvalue weighted by atomic mass is 9.96. The molecular weight excluding hydrogens is 354 g/mol. The van der Waals surface area contributed by atoms with Gasteiger partial charge < -0.3 is 14.0 Å². The first-order chi connectivity index (χ1) is 13.5. The van der Waals surface area contributed by atoms with Crippen LogP contribution in [-0.2, 0) is 6.54 Å². The minimum absolute atomic E-state index is 0.0256. The van der Waals surface area contributed by atoms with E-state index in [4.69, 9.17) is 4.52 Å². The Morgan fingerprint density at radius 3 is 2.75 bits per heavy atom. The molecule has 1 amide bonds. The van der Waals surface area contributed by atoms with Gasteiger partial charge in [0, 0.05) is 49.5 Å². The lowest BCUT2D eigenvalue weighted by Gasteiger charge is -2.33. The van der Waals surface area contributed by atoms with Crippen LogP contribution in [0.4, 0.5) is 0 Å². The van der Waals surface area contributed by atoms with Gasteiger partial charge in [-0.25, -0.2) is 4.98 Å². The van der Waals surface area contributed by atoms with Crippen molar-refractivity contribution in [2.75, 3.05) is 13.1 Å². The van der Waals surface area contributed by atoms with Gasteiger partial charge in [-0.1, -0.05) is 5.16 Å². The summed E-state index contributed by atoms with van der Waals surface area (Å²) >= 11 is 0. The van der Waals surface area contributed by atoms with Gasteiger partial charge in [0.25, 0.3) is 5.91 Å². The van der Waals surface area contributed by atoms with E-state index in [-0.39, 0.29) is 5.91 Å². The zero-order valence-corrected chi connectivity index (χ0v) is 16.6. The average Bonchev–Trinajstić information content (AvgIpc) is 3.24. The molecule has 1 aliphatic heterocycles. The highest BCUT2D eigenvalue weighted by molar-refractivity contribution is 5.96. The van der Waals surface area contributed by atoms with Crippen molar-refractivity contribution >= 4 is 5.91 Å². The first-order valence-electron chi connectivity index (χ1n) is 9.69. The van der Waals surface area contributed by atoms with Gasteiger partial charge in [0.15, 0.2) is 0 Å². The van der Waals surface area contributed by atoms with Crippen LogP contribution in [-0.4, -0.2) is 43.6 Å². The van der Waals surface area contributed by atoms with Gasteiger partial charge in [-0.05, 0) is 51.7 Å². The highest BCUT2D eigenvalue weighted by Gasteiger charge is 2.29. The molecule has 0 bridgehead atoms. The Hall–Kier alpha value is -2.96. The van der Waals surface area contributed by atoms with E-state index >= 15 is 0 Å². The second-order valence-electron chi connectivity index (χ2n) is 7.53. The largest absolute Gasteiger partial charge is 0.361 e. The molecule has 3 aromatic heterocycles. The fourth-order valence-electron chi connectivity index (χ4n) is 4.03. The predicted molar refractivity (Wildman–Crippen MR) is 105 cm³/mol. The number of aromatic nitrogens is 4. The number of amides is 1. The highest BCUT2D eigenvalue weighted by atomic mass is 16.5. The van der Waals surface area contributed by atoms with Gasteiger partial charge >= 0.3 is 0 Å². The summed E-state index contributed by atoms with van der Waals surface area (Å²) in [6.07, 6.45) is 7.57. The second-order valence-corrected chi connectivity index (χ2v) is 7.53. The minimum atomic E-state index is 0.0256. The van der Waals surface area contributed by atoms with Crippen molar-refractivity contribution in [3.63, 3.8) is 0 Å². The Bertz CT molecular complexity index is 957. The number of carbonyl (C=O) groups is 1. The number of carbonyl (C=O) groups excluding carboxylic acids is 1. The average molecular weight is 379 g/mol. The Morgan fingerprint density at radius 2 is 2.04 bits per heavy atom. The fraction of sp³-hybridized carbons (Fsp3) is 0.429. The summed E-state index contributed by atoms with van der Waals surface area (Å²) in [5, 5.41) is 3.93. The van der Waals surface area contributed by atoms with Gasteiger partial charge in [0.05, 0.1) is 5.69 Å². The van der Waals surface area contributed by atoms with Gasteiger partial charge in [0.1, 0.15) is 17.1 Å². The standard InChI is InChI=1S/C21H25N5O2/c1-14-11-23-20(18-6-8-22-9-7-18)26(14)13-17-5-4-10-25(12-17)21(27)19-15(2)24-28-16(19)3/h6-9,11,17H,4-5,10,12-13H2,1-3H3. The van der Waals surface area contributed by atoms with Crippen LogP contribution in [0.15, 0.2) is 35.2 Å². The molecule has 0 aliphatic carbocycles. The van der Waals surface area contributed by atoms with Crippen LogP contribution < -0.4 is 0 Å². The number of piperidine rings is 1. The Kier molecular flexibility index (Phi) is 4.98. The third-order valence-corrected chi connectivity index (χ3v) is 5.49. The van der Waals surface area contributed by atoms with Crippen LogP contribution in [0.1, 0.15) is 40.3 Å². The summed E-state index contributed by atoms with van der Waals surface area (Å²) < 4.78 is 7.44. The molecule has 28 heavy (non-hydrogen) atoms. The summed E-state index contributed by atoms with van der Waals surface area (Å²) in [6.45, 7) is 8.05. The lowest BCUT2D eigenvalue weighted by molar-refractivity contribution is 0.0660. The van der Waals surface area contributed by atoms with Gasteiger partial charge in [-0.15, -0.1) is 0 Å². The van der Waals surface area contributed by atoms with Crippen molar-refractivity contribution in [3.05, 3.63) is 53.4 Å². The summed E-state index contributed by atoms with van der Waals surface area (Å²) in [4.78, 5) is 23.6. The molecule has 0 aromatic carbocycles. The van der Waals surface area contributed by atoms with Crippen LogP contribution in [0.3, 0.4) is 0 Å². The molecule has 0 N–H and O–H groups in total. The molecule has 1 fully saturated rings. The third kappa shape index (κ3) is 3.44. The van der Waals surface area contributed by atoms with E-state index in [9.17, 15) is 4.79 Å². The number of pyridine rings is 1. The monoisotopic (exact) mass is 379 g/mol. The Morgan fingerprint density at radius 1 is 1.25 bits per heavy atom. The summed E-state index contributed by atoms with van der Waals surface area (Å²) in [5.41, 5.74) is 3.45. The van der Waals surface area contributed by atoms with Crippen molar-refractivity contribution in [1.29, 1.82) is 0 Å². The van der Waals surface area contributed by atoms with E-state index in [2.05, 4.69) is 26.6 Å². The van der Waals surface area contributed by atoms with Gasteiger partial charge in [0.2, 0.25) is 0 Å². The van der Waals surface area contributed by atoms with E-state index in [1.165, 1.54) is 0 Å². The van der Waals surface area contributed by atoms with E-state index in [0.29, 0.717) is 22.9 Å². The molecule has 0 saturated carbocycles. The van der Waals surface area contributed by atoms with Gasteiger partial charge in [-0.3, -0.25) is 9.78 Å². The second kappa shape index (κ2) is 7.58. The minimum Gasteiger partial charge on any atom is -0.361 e. The number of rotatable bonds is 4. The number of likely N-dealkylation sites (tertiary alicyclic amines) is 1. The maximum atomic E-state index is 13.0. The Labute approximate surface area is 164 Å². The molecule has 4 heterocycles. The smallest absolute Gasteiger partial charge is 0.259 e. The number of aryl methyl sites for hydroxylation is 3. The number of imidazole rings is 1. The molecular formula is C21H25N5O2. The maximum Gasteiger partial charge on any atom is 0.259 e. The van der Waals surface area contributed by atoms with Crippen LogP contribution in [0.5, 0.6) is 0 Å². The predicted octanol–water partition coefficient (Wildman–Crippen LogP) is 3.41. The SMILES string of the molecule is Cc1noc(C)c1C(=O)N1CCCC(Cn2c(C)cnc2-c2ccncc2)C1. The third-order valence-electron chi connectivity index (χ3n) is 5.49. The van der Waals surface area contributed by atoms with E-state index < -0.39 is 0 Å². The van der Waals surface area contributed by atoms with Crippen LogP contribution in [0.2, 0.25) is 0 Å². The van der Waals surface area contributed by atoms with E-state index in [1.807, 2.05) is 30.2 Å². The molecule has 1 aliphatic rings. The van der Waals surface area contributed by atoms with E-state index in [0.717, 1.165) is 49.6 Å². The van der Waals surface area contributed by atoms with Crippen molar-refractivity contribution < 1.29 is 9.32 Å². The zero-order valence-electron chi connectivity index (χ0n) is 16.6. The summed E-state index contributed by atoms with van der Waals surface area (Å²) in [6, 6.07) is 3.96. The van der Waals surface area contributed by atoms with Crippen molar-refractivity contribution in [1.82, 2.24) is 24.6 Å². The van der Waals surface area contributed by atoms with Crippen molar-refractivity contribution in [3.8, 4) is 11.4 Å². The molecule has 0 radical (unpaired) electrons. The fourth-order valence-corrected chi connectivity index (χ4v) is 4.03. The lowest BCUT2D eigenvalue weighted by Crippen LogP contribution is -2.41. The molecule has 146 valence electrons. The summed E-state index contributed by atoms with van der Waals surface area (Å²) in [5.74, 6) is 1.95. The molecule has 1 atom stereocenters. The highest BCUT2D eigenvalue weighted by Crippen LogP contribution is 2.26. The number of hydrogen-bond donors (Lipinski definition) is 0. The molecule has 7 nitrogen and oxygen atoms in total. The molecule has 1 unspecified atom stereocenters. The zero-order chi connectivity index (χ0) is 19.7. The Balaban J connectivity index is 1.53. The van der Waals surface area contributed by atoms with Crippen LogP contribution >= 0.6 is 0 Å². The van der Waals surface area contributed by atoms with Gasteiger partial charge in [-0.2, -0.15) is 0 Å². The topological polar surface area (TPSA) is 77.0 Å². The van der Waals surface area contributed by atoms with Crippen molar-refractivity contribution in [2.45, 2.75) is 40.2 Å². The molecule has 1 saturated heterocycles. The van der Waals surface area contributed by atoms with E-state index in [1.54, 1.807) is 19.3 Å². The first kappa shape index (κ1) is 18.4. The number of nitrogens with zero attached hydrogens (tertiary/aromatic N) is 5. The molecule has 7 heteroatoms. The maximum absolute atomic E-state index is 13.0. The first-order valence-corrected chi connectivity index (χ1v) is 9.69. The molecule has 0 spiro atoms.